The van der Waals surface area contributed by atoms with Crippen LogP contribution in [0.3, 0.4) is 0 Å². The number of rotatable bonds is 2. The van der Waals surface area contributed by atoms with Gasteiger partial charge in [-0.1, -0.05) is 35.3 Å². The van der Waals surface area contributed by atoms with Crippen molar-refractivity contribution >= 4 is 39.1 Å². The van der Waals surface area contributed by atoms with E-state index in [0.29, 0.717) is 0 Å². The van der Waals surface area contributed by atoms with Crippen LogP contribution >= 0.6 is 39.1 Å². The molecule has 0 aliphatic rings. The van der Waals surface area contributed by atoms with Crippen molar-refractivity contribution in [2.75, 3.05) is 0 Å². The van der Waals surface area contributed by atoms with Crippen molar-refractivity contribution in [2.45, 2.75) is 29.6 Å². The second-order valence-corrected chi connectivity index (χ2v) is 7.67. The van der Waals surface area contributed by atoms with Gasteiger partial charge in [0.1, 0.15) is 11.4 Å². The molecule has 0 aromatic heterocycles. The van der Waals surface area contributed by atoms with E-state index in [1.54, 1.807) is 0 Å². The highest BCUT2D eigenvalue weighted by atomic mass is 79.9. The molecule has 0 radical (unpaired) electrons. The first kappa shape index (κ1) is 13.1. The summed E-state index contributed by atoms with van der Waals surface area (Å²) in [5, 5.41) is 0. The van der Waals surface area contributed by atoms with Gasteiger partial charge in [-0.3, -0.25) is 0 Å². The molecule has 1 nitrogen and oxygen atoms in total. The lowest BCUT2D eigenvalue weighted by Gasteiger charge is -2.21. The van der Waals surface area contributed by atoms with Gasteiger partial charge in [0, 0.05) is 0 Å². The van der Waals surface area contributed by atoms with Gasteiger partial charge in [-0.2, -0.15) is 0 Å². The summed E-state index contributed by atoms with van der Waals surface area (Å²) in [5.41, 5.74) is 0.585. The number of hydrogen-bond donors (Lipinski definition) is 0. The summed E-state index contributed by atoms with van der Waals surface area (Å²) in [5.74, 6) is 0.802. The van der Waals surface area contributed by atoms with Crippen LogP contribution in [-0.4, -0.2) is 5.60 Å². The van der Waals surface area contributed by atoms with Gasteiger partial charge in [-0.25, -0.2) is 0 Å². The van der Waals surface area contributed by atoms with Crippen molar-refractivity contribution in [3.05, 3.63) is 29.8 Å². The molecular weight excluding hydrogens is 299 g/mol. The van der Waals surface area contributed by atoms with Crippen LogP contribution in [0.2, 0.25) is 0 Å². The maximum absolute atomic E-state index is 5.89. The Morgan fingerprint density at radius 3 is 1.87 bits per heavy atom. The molecule has 0 saturated heterocycles. The normalized spacial score (nSPS) is 12.7. The summed E-state index contributed by atoms with van der Waals surface area (Å²) in [6, 6.07) is 7.36. The molecule has 0 spiro atoms. The third kappa shape index (κ3) is 4.62. The van der Waals surface area contributed by atoms with E-state index in [9.17, 15) is 0 Å². The predicted molar refractivity (Wildman–Crippen MR) is 69.1 cm³/mol. The monoisotopic (exact) mass is 310 g/mol. The Hall–Kier alpha value is 0.0800. The molecule has 0 aliphatic heterocycles. The van der Waals surface area contributed by atoms with Gasteiger partial charge in [0.05, 0.1) is 0 Å². The number of benzene rings is 1. The largest absolute Gasteiger partial charge is 0.488 e. The molecule has 0 bridgehead atoms. The standard InChI is InChI=1S/C11H13BrCl2O/c1-10(2,3)15-9-6-4-8(5-7-9)11(12,13)14/h4-7H,1-3H3. The summed E-state index contributed by atoms with van der Waals surface area (Å²) in [6.45, 7) is 6.00. The lowest BCUT2D eigenvalue weighted by molar-refractivity contribution is 0.131. The van der Waals surface area contributed by atoms with Crippen LogP contribution in [0.5, 0.6) is 5.75 Å². The Labute approximate surface area is 109 Å². The Morgan fingerprint density at radius 2 is 1.53 bits per heavy atom. The van der Waals surface area contributed by atoms with Gasteiger partial charge < -0.3 is 4.74 Å². The molecule has 1 rings (SSSR count). The van der Waals surface area contributed by atoms with Crippen LogP contribution in [0.1, 0.15) is 26.3 Å². The minimum atomic E-state index is -1.03. The maximum Gasteiger partial charge on any atom is 0.197 e. The molecule has 4 heteroatoms. The first-order valence-electron chi connectivity index (χ1n) is 4.55. The Kier molecular flexibility index (Phi) is 3.96. The average molecular weight is 312 g/mol. The van der Waals surface area contributed by atoms with Crippen LogP contribution < -0.4 is 4.74 Å². The van der Waals surface area contributed by atoms with Crippen molar-refractivity contribution in [3.8, 4) is 5.75 Å². The number of alkyl halides is 3. The number of hydrogen-bond acceptors (Lipinski definition) is 1. The van der Waals surface area contributed by atoms with Crippen molar-refractivity contribution in [3.63, 3.8) is 0 Å². The Bertz CT molecular complexity index is 322. The van der Waals surface area contributed by atoms with Gasteiger partial charge in [-0.05, 0) is 54.4 Å². The molecule has 15 heavy (non-hydrogen) atoms. The smallest absolute Gasteiger partial charge is 0.197 e. The SMILES string of the molecule is CC(C)(C)Oc1ccc(C(Cl)(Cl)Br)cc1. The average Bonchev–Trinajstić information content (AvgIpc) is 2.00. The van der Waals surface area contributed by atoms with E-state index in [4.69, 9.17) is 27.9 Å². The van der Waals surface area contributed by atoms with E-state index in [0.717, 1.165) is 11.3 Å². The molecule has 84 valence electrons. The quantitative estimate of drug-likeness (QED) is 0.710. The zero-order valence-corrected chi connectivity index (χ0v) is 11.9. The van der Waals surface area contributed by atoms with E-state index >= 15 is 0 Å². The van der Waals surface area contributed by atoms with E-state index in [2.05, 4.69) is 15.9 Å². The number of ether oxygens (including phenoxy) is 1. The Morgan fingerprint density at radius 1 is 1.07 bits per heavy atom. The molecule has 0 saturated carbocycles. The summed E-state index contributed by atoms with van der Waals surface area (Å²) in [6.07, 6.45) is 0. The lowest BCUT2D eigenvalue weighted by Crippen LogP contribution is -2.22. The zero-order valence-electron chi connectivity index (χ0n) is 8.85. The second-order valence-electron chi connectivity index (χ2n) is 4.24. The van der Waals surface area contributed by atoms with Gasteiger partial charge >= 0.3 is 0 Å². The fourth-order valence-electron chi connectivity index (χ4n) is 1.07. The molecule has 0 N–H and O–H groups in total. The fourth-order valence-corrected chi connectivity index (χ4v) is 1.58. The molecule has 0 heterocycles. The topological polar surface area (TPSA) is 9.23 Å². The van der Waals surface area contributed by atoms with E-state index in [1.807, 2.05) is 45.0 Å². The molecule has 1 aromatic carbocycles. The molecule has 0 atom stereocenters. The van der Waals surface area contributed by atoms with Crippen LogP contribution in [0.4, 0.5) is 0 Å². The van der Waals surface area contributed by atoms with Crippen LogP contribution in [0.25, 0.3) is 0 Å². The second kappa shape index (κ2) is 4.52. The third-order valence-electron chi connectivity index (χ3n) is 1.61. The van der Waals surface area contributed by atoms with Crippen LogP contribution in [-0.2, 0) is 3.24 Å². The molecule has 1 aromatic rings. The molecule has 0 fully saturated rings. The van der Waals surface area contributed by atoms with Crippen molar-refractivity contribution < 1.29 is 4.74 Å². The van der Waals surface area contributed by atoms with Crippen LogP contribution in [0, 0.1) is 0 Å². The van der Waals surface area contributed by atoms with Gasteiger partial charge in [0.2, 0.25) is 0 Å². The maximum atomic E-state index is 5.89. The van der Waals surface area contributed by atoms with Crippen molar-refractivity contribution in [1.82, 2.24) is 0 Å². The minimum absolute atomic E-state index is 0.199. The molecule has 0 aliphatic carbocycles. The van der Waals surface area contributed by atoms with Gasteiger partial charge in [0.15, 0.2) is 3.24 Å². The van der Waals surface area contributed by atoms with Gasteiger partial charge in [0.25, 0.3) is 0 Å². The van der Waals surface area contributed by atoms with Crippen molar-refractivity contribution in [2.24, 2.45) is 0 Å². The number of halogens is 3. The first-order valence-corrected chi connectivity index (χ1v) is 6.10. The molecular formula is C11H13BrCl2O. The predicted octanol–water partition coefficient (Wildman–Crippen LogP) is 4.85. The summed E-state index contributed by atoms with van der Waals surface area (Å²) in [4.78, 5) is 0. The highest BCUT2D eigenvalue weighted by Crippen LogP contribution is 2.40. The fraction of sp³-hybridized carbons (Fsp3) is 0.455. The van der Waals surface area contributed by atoms with E-state index in [1.165, 1.54) is 0 Å². The third-order valence-corrected chi connectivity index (χ3v) is 2.50. The van der Waals surface area contributed by atoms with E-state index in [-0.39, 0.29) is 5.60 Å². The summed E-state index contributed by atoms with van der Waals surface area (Å²) in [7, 11) is 0. The highest BCUT2D eigenvalue weighted by Gasteiger charge is 2.22. The van der Waals surface area contributed by atoms with Crippen LogP contribution in [0.15, 0.2) is 24.3 Å². The summed E-state index contributed by atoms with van der Waals surface area (Å²) < 4.78 is 4.63. The summed E-state index contributed by atoms with van der Waals surface area (Å²) >= 11 is 14.9. The molecule has 0 amide bonds. The van der Waals surface area contributed by atoms with Crippen molar-refractivity contribution in [1.29, 1.82) is 0 Å². The zero-order chi connectivity index (χ0) is 11.7. The van der Waals surface area contributed by atoms with Gasteiger partial charge in [-0.15, -0.1) is 0 Å². The molecule has 0 unspecified atom stereocenters. The Balaban J connectivity index is 2.82. The first-order chi connectivity index (χ1) is 6.68. The minimum Gasteiger partial charge on any atom is -0.488 e. The van der Waals surface area contributed by atoms with E-state index < -0.39 is 3.24 Å². The lowest BCUT2D eigenvalue weighted by atomic mass is 10.2. The highest BCUT2D eigenvalue weighted by molar-refractivity contribution is 9.10.